The number of nitrogens with two attached hydrogens (primary N) is 1. The second kappa shape index (κ2) is 4.17. The van der Waals surface area contributed by atoms with Crippen molar-refractivity contribution in [2.24, 2.45) is 5.73 Å². The third-order valence-corrected chi connectivity index (χ3v) is 1.43. The summed E-state index contributed by atoms with van der Waals surface area (Å²) >= 11 is 0. The van der Waals surface area contributed by atoms with Gasteiger partial charge in [-0.2, -0.15) is 0 Å². The van der Waals surface area contributed by atoms with E-state index in [0.29, 0.717) is 0 Å². The highest BCUT2D eigenvalue weighted by molar-refractivity contribution is 5.07. The summed E-state index contributed by atoms with van der Waals surface area (Å²) in [6, 6.07) is 0.190. The van der Waals surface area contributed by atoms with Gasteiger partial charge >= 0.3 is 0 Å². The smallest absolute Gasteiger partial charge is 0.130 e. The molecular formula is C7H16N2O. The third-order valence-electron chi connectivity index (χ3n) is 1.43. The van der Waals surface area contributed by atoms with Crippen molar-refractivity contribution in [1.82, 2.24) is 5.32 Å². The molecule has 1 unspecified atom stereocenters. The molecule has 3 nitrogen and oxygen atoms in total. The van der Waals surface area contributed by atoms with Crippen LogP contribution < -0.4 is 11.1 Å². The Bertz CT molecular complexity index is 128. The van der Waals surface area contributed by atoms with Crippen LogP contribution in [-0.4, -0.2) is 20.2 Å². The van der Waals surface area contributed by atoms with Gasteiger partial charge in [-0.25, -0.2) is 0 Å². The molecule has 10 heavy (non-hydrogen) atoms. The van der Waals surface area contributed by atoms with Crippen LogP contribution in [0.15, 0.2) is 11.5 Å². The fourth-order valence-corrected chi connectivity index (χ4v) is 0.810. The molecule has 0 saturated heterocycles. The summed E-state index contributed by atoms with van der Waals surface area (Å²) in [6.07, 6.45) is 0. The monoisotopic (exact) mass is 144 g/mol. The van der Waals surface area contributed by atoms with Gasteiger partial charge in [0.2, 0.25) is 0 Å². The number of ether oxygens (including phenoxy) is 1. The Kier molecular flexibility index (Phi) is 3.88. The van der Waals surface area contributed by atoms with E-state index < -0.39 is 0 Å². The van der Waals surface area contributed by atoms with Gasteiger partial charge in [0.25, 0.3) is 0 Å². The Hall–Kier alpha value is -0.700. The van der Waals surface area contributed by atoms with E-state index in [0.717, 1.165) is 11.5 Å². The highest BCUT2D eigenvalue weighted by atomic mass is 16.5. The lowest BCUT2D eigenvalue weighted by molar-refractivity contribution is 0.254. The predicted molar refractivity (Wildman–Crippen MR) is 42.4 cm³/mol. The normalized spacial score (nSPS) is 16.0. The van der Waals surface area contributed by atoms with Gasteiger partial charge in [-0.1, -0.05) is 0 Å². The molecule has 60 valence electrons. The van der Waals surface area contributed by atoms with Gasteiger partial charge in [0.15, 0.2) is 0 Å². The van der Waals surface area contributed by atoms with E-state index in [9.17, 15) is 0 Å². The van der Waals surface area contributed by atoms with Crippen molar-refractivity contribution in [2.45, 2.75) is 19.9 Å². The summed E-state index contributed by atoms with van der Waals surface area (Å²) in [4.78, 5) is 0. The van der Waals surface area contributed by atoms with Crippen molar-refractivity contribution < 1.29 is 4.74 Å². The Morgan fingerprint density at radius 2 is 2.10 bits per heavy atom. The first-order valence-electron chi connectivity index (χ1n) is 3.31. The van der Waals surface area contributed by atoms with Gasteiger partial charge in [0.1, 0.15) is 5.76 Å². The summed E-state index contributed by atoms with van der Waals surface area (Å²) in [5.74, 6) is 0.808. The number of nitrogens with one attached hydrogen (secondary N) is 1. The van der Waals surface area contributed by atoms with Crippen LogP contribution in [0.25, 0.3) is 0 Å². The van der Waals surface area contributed by atoms with Gasteiger partial charge in [0.05, 0.1) is 13.2 Å². The first-order chi connectivity index (χ1) is 4.63. The highest BCUT2D eigenvalue weighted by Gasteiger charge is 2.07. The summed E-state index contributed by atoms with van der Waals surface area (Å²) in [5.41, 5.74) is 6.26. The number of allylic oxidation sites excluding steroid dienone is 1. The fraction of sp³-hybridized carbons (Fsp3) is 0.714. The van der Waals surface area contributed by atoms with E-state index >= 15 is 0 Å². The Balaban J connectivity index is 4.21. The highest BCUT2D eigenvalue weighted by Crippen LogP contribution is 2.04. The van der Waals surface area contributed by atoms with Crippen LogP contribution in [0.4, 0.5) is 0 Å². The van der Waals surface area contributed by atoms with Crippen LogP contribution in [0.1, 0.15) is 13.8 Å². The molecule has 0 heterocycles. The molecule has 0 aliphatic rings. The van der Waals surface area contributed by atoms with E-state index in [4.69, 9.17) is 10.5 Å². The van der Waals surface area contributed by atoms with Crippen molar-refractivity contribution >= 4 is 0 Å². The van der Waals surface area contributed by atoms with Crippen LogP contribution in [-0.2, 0) is 4.74 Å². The zero-order chi connectivity index (χ0) is 8.15. The van der Waals surface area contributed by atoms with Crippen LogP contribution >= 0.6 is 0 Å². The average Bonchev–Trinajstić information content (AvgIpc) is 1.88. The average molecular weight is 144 g/mol. The van der Waals surface area contributed by atoms with E-state index in [1.165, 1.54) is 0 Å². The maximum Gasteiger partial charge on any atom is 0.130 e. The van der Waals surface area contributed by atoms with Crippen molar-refractivity contribution in [3.05, 3.63) is 11.5 Å². The molecular weight excluding hydrogens is 128 g/mol. The Morgan fingerprint density at radius 3 is 2.20 bits per heavy atom. The minimum atomic E-state index is 0.190. The molecule has 0 amide bonds. The van der Waals surface area contributed by atoms with E-state index in [2.05, 4.69) is 5.32 Å². The summed E-state index contributed by atoms with van der Waals surface area (Å²) in [6.45, 7) is 3.82. The van der Waals surface area contributed by atoms with Crippen molar-refractivity contribution in [1.29, 1.82) is 0 Å². The molecule has 0 aromatic rings. The maximum atomic E-state index is 5.54. The van der Waals surface area contributed by atoms with Crippen LogP contribution in [0.5, 0.6) is 0 Å². The minimum Gasteiger partial charge on any atom is -0.498 e. The molecule has 0 aromatic carbocycles. The topological polar surface area (TPSA) is 47.3 Å². The molecule has 0 aliphatic heterocycles. The number of likely N-dealkylation sites (N-methyl/N-ethyl adjacent to an activating group) is 1. The van der Waals surface area contributed by atoms with Crippen molar-refractivity contribution in [2.75, 3.05) is 14.2 Å². The second-order valence-electron chi connectivity index (χ2n) is 2.26. The lowest BCUT2D eigenvalue weighted by Gasteiger charge is -2.14. The molecule has 0 saturated carbocycles. The Labute approximate surface area is 62.2 Å². The molecule has 0 bridgehead atoms. The molecule has 3 N–H and O–H groups in total. The third kappa shape index (κ3) is 2.27. The van der Waals surface area contributed by atoms with Crippen LogP contribution in [0.2, 0.25) is 0 Å². The molecule has 0 aliphatic carbocycles. The lowest BCUT2D eigenvalue weighted by Crippen LogP contribution is -2.26. The first-order valence-corrected chi connectivity index (χ1v) is 3.31. The van der Waals surface area contributed by atoms with Crippen molar-refractivity contribution in [3.8, 4) is 0 Å². The van der Waals surface area contributed by atoms with E-state index in [-0.39, 0.29) is 6.04 Å². The zero-order valence-electron chi connectivity index (χ0n) is 7.06. The molecule has 3 heteroatoms. The van der Waals surface area contributed by atoms with Gasteiger partial charge in [-0.15, -0.1) is 0 Å². The first kappa shape index (κ1) is 9.30. The lowest BCUT2D eigenvalue weighted by atomic mass is 10.2. The second-order valence-corrected chi connectivity index (χ2v) is 2.26. The van der Waals surface area contributed by atoms with Crippen molar-refractivity contribution in [3.63, 3.8) is 0 Å². The molecule has 0 fully saturated rings. The van der Waals surface area contributed by atoms with Crippen LogP contribution in [0, 0.1) is 0 Å². The minimum absolute atomic E-state index is 0.190. The fourth-order valence-electron chi connectivity index (χ4n) is 0.810. The standard InChI is InChI=1S/C7H16N2O/c1-5(8)7(10-4)6(2)9-3/h6,9H,8H2,1-4H3/b7-5+. The molecule has 1 atom stereocenters. The van der Waals surface area contributed by atoms with E-state index in [1.54, 1.807) is 7.11 Å². The number of rotatable bonds is 3. The summed E-state index contributed by atoms with van der Waals surface area (Å²) in [5, 5.41) is 3.03. The number of methoxy groups -OCH3 is 1. The summed E-state index contributed by atoms with van der Waals surface area (Å²) in [7, 11) is 3.49. The molecule has 0 aromatic heterocycles. The zero-order valence-corrected chi connectivity index (χ0v) is 7.06. The number of hydrogen-bond donors (Lipinski definition) is 2. The SMILES string of the molecule is CNC(C)/C(OC)=C(/C)N. The Morgan fingerprint density at radius 1 is 1.60 bits per heavy atom. The van der Waals surface area contributed by atoms with Crippen LogP contribution in [0.3, 0.4) is 0 Å². The van der Waals surface area contributed by atoms with E-state index in [1.807, 2.05) is 20.9 Å². The van der Waals surface area contributed by atoms with Gasteiger partial charge in [0, 0.05) is 5.70 Å². The molecule has 0 rings (SSSR count). The largest absolute Gasteiger partial charge is 0.498 e. The molecule has 0 radical (unpaired) electrons. The quantitative estimate of drug-likeness (QED) is 0.565. The summed E-state index contributed by atoms with van der Waals surface area (Å²) < 4.78 is 5.06. The number of hydrogen-bond acceptors (Lipinski definition) is 3. The molecule has 0 spiro atoms. The maximum absolute atomic E-state index is 5.54. The van der Waals surface area contributed by atoms with Gasteiger partial charge in [-0.05, 0) is 20.9 Å². The van der Waals surface area contributed by atoms with Gasteiger partial charge in [-0.3, -0.25) is 0 Å². The predicted octanol–water partition coefficient (Wildman–Crippen LogP) is 0.431. The van der Waals surface area contributed by atoms with Gasteiger partial charge < -0.3 is 15.8 Å².